The first-order chi connectivity index (χ1) is 9.90. The van der Waals surface area contributed by atoms with Gasteiger partial charge in [0.05, 0.1) is 12.8 Å². The number of carbonyl (C=O) groups excluding carboxylic acids is 1. The Balaban J connectivity index is 0.00000441. The van der Waals surface area contributed by atoms with Gasteiger partial charge in [-0.3, -0.25) is 9.69 Å². The second-order valence-corrected chi connectivity index (χ2v) is 5.43. The van der Waals surface area contributed by atoms with Gasteiger partial charge in [0.2, 0.25) is 0 Å². The Labute approximate surface area is 140 Å². The highest BCUT2D eigenvalue weighted by atomic mass is 35.5. The van der Waals surface area contributed by atoms with E-state index in [9.17, 15) is 4.79 Å². The molecule has 5 heteroatoms. The minimum atomic E-state index is -0.0744. The molecule has 0 bridgehead atoms. The number of benzene rings is 1. The molecule has 0 fully saturated rings. The molecule has 0 heterocycles. The molecule has 1 amide bonds. The minimum absolute atomic E-state index is 0. The molecular formula is C17H28ClN3O. The zero-order valence-corrected chi connectivity index (χ0v) is 15.3. The van der Waals surface area contributed by atoms with Crippen LogP contribution in [0.1, 0.15) is 41.7 Å². The average Bonchev–Trinajstić information content (AvgIpc) is 2.46. The number of nitrogens with one attached hydrogen (secondary N) is 1. The van der Waals surface area contributed by atoms with Crippen molar-refractivity contribution in [3.05, 3.63) is 33.9 Å². The molecule has 0 radical (unpaired) electrons. The molecule has 0 unspecified atom stereocenters. The smallest absolute Gasteiger partial charge is 0.254 e. The van der Waals surface area contributed by atoms with Crippen molar-refractivity contribution >= 4 is 24.5 Å². The number of hydrogen-bond donors (Lipinski definition) is 1. The zero-order valence-electron chi connectivity index (χ0n) is 14.5. The van der Waals surface area contributed by atoms with E-state index >= 15 is 0 Å². The number of hydrogen-bond acceptors (Lipinski definition) is 3. The molecule has 0 aliphatic carbocycles. The Kier molecular flexibility index (Phi) is 8.99. The topological polar surface area (TPSA) is 44.7 Å². The molecule has 0 aliphatic rings. The van der Waals surface area contributed by atoms with Crippen LogP contribution < -0.4 is 5.43 Å². The van der Waals surface area contributed by atoms with Crippen molar-refractivity contribution in [3.8, 4) is 0 Å². The third-order valence-electron chi connectivity index (χ3n) is 4.07. The largest absolute Gasteiger partial charge is 0.295 e. The highest BCUT2D eigenvalue weighted by Crippen LogP contribution is 2.19. The molecule has 0 aliphatic heterocycles. The van der Waals surface area contributed by atoms with Gasteiger partial charge in [-0.2, -0.15) is 5.10 Å². The second kappa shape index (κ2) is 9.59. The van der Waals surface area contributed by atoms with Crippen LogP contribution in [0, 0.1) is 27.7 Å². The summed E-state index contributed by atoms with van der Waals surface area (Å²) in [5, 5.41) is 4.12. The SMILES string of the molecule is CCN(CC)CC(=O)N/N=C/c1c(C)c(C)cc(C)c1C.Cl. The molecule has 22 heavy (non-hydrogen) atoms. The number of carbonyl (C=O) groups is 1. The Morgan fingerprint density at radius 2 is 1.64 bits per heavy atom. The molecule has 0 atom stereocenters. The second-order valence-electron chi connectivity index (χ2n) is 5.43. The standard InChI is InChI=1S/C17H27N3O.ClH/c1-7-20(8-2)11-17(21)19-18-10-16-14(5)12(3)9-13(4)15(16)6;/h9-10H,7-8,11H2,1-6H3,(H,19,21);1H/b18-10+;. The van der Waals surface area contributed by atoms with E-state index in [2.05, 4.69) is 49.2 Å². The number of aryl methyl sites for hydroxylation is 2. The summed E-state index contributed by atoms with van der Waals surface area (Å²) in [4.78, 5) is 13.9. The summed E-state index contributed by atoms with van der Waals surface area (Å²) in [6.45, 7) is 14.6. The predicted molar refractivity (Wildman–Crippen MR) is 96.2 cm³/mol. The van der Waals surface area contributed by atoms with Crippen LogP contribution in [0.3, 0.4) is 0 Å². The Morgan fingerprint density at radius 1 is 1.14 bits per heavy atom. The van der Waals surface area contributed by atoms with Crippen LogP contribution in [0.2, 0.25) is 0 Å². The van der Waals surface area contributed by atoms with Crippen LogP contribution in [-0.4, -0.2) is 36.7 Å². The normalized spacial score (nSPS) is 10.9. The van der Waals surface area contributed by atoms with Crippen molar-refractivity contribution < 1.29 is 4.79 Å². The van der Waals surface area contributed by atoms with E-state index in [-0.39, 0.29) is 18.3 Å². The van der Waals surface area contributed by atoms with E-state index in [0.717, 1.165) is 18.7 Å². The van der Waals surface area contributed by atoms with Gasteiger partial charge in [-0.25, -0.2) is 5.43 Å². The lowest BCUT2D eigenvalue weighted by molar-refractivity contribution is -0.122. The lowest BCUT2D eigenvalue weighted by Crippen LogP contribution is -2.35. The van der Waals surface area contributed by atoms with E-state index in [0.29, 0.717) is 6.54 Å². The predicted octanol–water partition coefficient (Wildman–Crippen LogP) is 3.13. The quantitative estimate of drug-likeness (QED) is 0.645. The number of nitrogens with zero attached hydrogens (tertiary/aromatic N) is 2. The first kappa shape index (κ1) is 20.6. The fourth-order valence-corrected chi connectivity index (χ4v) is 2.30. The molecular weight excluding hydrogens is 298 g/mol. The Hall–Kier alpha value is -1.39. The van der Waals surface area contributed by atoms with Gasteiger partial charge in [-0.1, -0.05) is 19.9 Å². The van der Waals surface area contributed by atoms with Crippen LogP contribution in [0.15, 0.2) is 11.2 Å². The minimum Gasteiger partial charge on any atom is -0.295 e. The van der Waals surface area contributed by atoms with E-state index in [1.54, 1.807) is 6.21 Å². The van der Waals surface area contributed by atoms with Crippen LogP contribution in [0.5, 0.6) is 0 Å². The molecule has 1 aromatic carbocycles. The summed E-state index contributed by atoms with van der Waals surface area (Å²) in [5.74, 6) is -0.0744. The maximum atomic E-state index is 11.8. The van der Waals surface area contributed by atoms with Crippen molar-refractivity contribution in [2.45, 2.75) is 41.5 Å². The molecule has 124 valence electrons. The Morgan fingerprint density at radius 3 is 2.09 bits per heavy atom. The number of hydrazone groups is 1. The van der Waals surface area contributed by atoms with Crippen molar-refractivity contribution in [3.63, 3.8) is 0 Å². The lowest BCUT2D eigenvalue weighted by atomic mass is 9.95. The van der Waals surface area contributed by atoms with Crippen LogP contribution >= 0.6 is 12.4 Å². The van der Waals surface area contributed by atoms with Gasteiger partial charge in [-0.05, 0) is 63.0 Å². The molecule has 0 aromatic heterocycles. The number of amides is 1. The fourth-order valence-electron chi connectivity index (χ4n) is 2.30. The molecule has 1 N–H and O–H groups in total. The zero-order chi connectivity index (χ0) is 16.0. The summed E-state index contributed by atoms with van der Waals surface area (Å²) in [6.07, 6.45) is 1.75. The van der Waals surface area contributed by atoms with Gasteiger partial charge < -0.3 is 0 Å². The maximum Gasteiger partial charge on any atom is 0.254 e. The Bertz CT molecular complexity index is 511. The molecule has 1 aromatic rings. The van der Waals surface area contributed by atoms with Crippen LogP contribution in [-0.2, 0) is 4.79 Å². The summed E-state index contributed by atoms with van der Waals surface area (Å²) in [5.41, 5.74) is 8.61. The van der Waals surface area contributed by atoms with Crippen molar-refractivity contribution in [1.82, 2.24) is 10.3 Å². The van der Waals surface area contributed by atoms with Gasteiger partial charge in [0.15, 0.2) is 0 Å². The summed E-state index contributed by atoms with van der Waals surface area (Å²) in [7, 11) is 0. The number of halogens is 1. The van der Waals surface area contributed by atoms with Gasteiger partial charge in [0, 0.05) is 5.56 Å². The summed E-state index contributed by atoms with van der Waals surface area (Å²) in [6, 6.07) is 2.18. The molecule has 0 spiro atoms. The van der Waals surface area contributed by atoms with E-state index in [1.165, 1.54) is 22.3 Å². The monoisotopic (exact) mass is 325 g/mol. The van der Waals surface area contributed by atoms with Crippen LogP contribution in [0.25, 0.3) is 0 Å². The fraction of sp³-hybridized carbons (Fsp3) is 0.529. The highest BCUT2D eigenvalue weighted by Gasteiger charge is 2.08. The van der Waals surface area contributed by atoms with Gasteiger partial charge >= 0.3 is 0 Å². The van der Waals surface area contributed by atoms with Gasteiger partial charge in [0.25, 0.3) is 5.91 Å². The van der Waals surface area contributed by atoms with Crippen molar-refractivity contribution in [2.75, 3.05) is 19.6 Å². The van der Waals surface area contributed by atoms with E-state index < -0.39 is 0 Å². The summed E-state index contributed by atoms with van der Waals surface area (Å²) >= 11 is 0. The van der Waals surface area contributed by atoms with Gasteiger partial charge in [-0.15, -0.1) is 12.4 Å². The summed E-state index contributed by atoms with van der Waals surface area (Å²) < 4.78 is 0. The maximum absolute atomic E-state index is 11.8. The van der Waals surface area contributed by atoms with E-state index in [1.807, 2.05) is 13.8 Å². The van der Waals surface area contributed by atoms with Crippen molar-refractivity contribution in [2.24, 2.45) is 5.10 Å². The molecule has 0 saturated heterocycles. The van der Waals surface area contributed by atoms with Crippen LogP contribution in [0.4, 0.5) is 0 Å². The number of likely N-dealkylation sites (N-methyl/N-ethyl adjacent to an activating group) is 1. The average molecular weight is 326 g/mol. The molecule has 4 nitrogen and oxygen atoms in total. The third kappa shape index (κ3) is 5.43. The lowest BCUT2D eigenvalue weighted by Gasteiger charge is -2.16. The molecule has 1 rings (SSSR count). The molecule has 0 saturated carbocycles. The third-order valence-corrected chi connectivity index (χ3v) is 4.07. The highest BCUT2D eigenvalue weighted by molar-refractivity contribution is 5.86. The first-order valence-electron chi connectivity index (χ1n) is 7.52. The number of rotatable bonds is 6. The van der Waals surface area contributed by atoms with Crippen molar-refractivity contribution in [1.29, 1.82) is 0 Å². The van der Waals surface area contributed by atoms with Gasteiger partial charge in [0.1, 0.15) is 0 Å². The first-order valence-corrected chi connectivity index (χ1v) is 7.52. The van der Waals surface area contributed by atoms with E-state index in [4.69, 9.17) is 0 Å².